The van der Waals surface area contributed by atoms with Crippen molar-refractivity contribution in [3.05, 3.63) is 35.9 Å². The fraction of sp³-hybridized carbons (Fsp3) is 0.471. The zero-order chi connectivity index (χ0) is 18.2. The van der Waals surface area contributed by atoms with E-state index in [2.05, 4.69) is 10.6 Å². The minimum atomic E-state index is -1.04. The second kappa shape index (κ2) is 8.90. The average Bonchev–Trinajstić information content (AvgIpc) is 2.48. The molecule has 0 saturated heterocycles. The molecular weight excluding hydrogens is 312 g/mol. The third-order valence-electron chi connectivity index (χ3n) is 2.96. The van der Waals surface area contributed by atoms with Crippen LogP contribution in [0.5, 0.6) is 0 Å². The fourth-order valence-corrected chi connectivity index (χ4v) is 1.89. The van der Waals surface area contributed by atoms with Crippen LogP contribution in [0, 0.1) is 0 Å². The van der Waals surface area contributed by atoms with Crippen molar-refractivity contribution >= 4 is 18.0 Å². The predicted octanol–water partition coefficient (Wildman–Crippen LogP) is 2.06. The SMILES string of the molecule is CC(C)(C)OC(=O)N[C@H](CCC(=O)O)C(=O)NCc1ccccc1. The standard InChI is InChI=1S/C17H24N2O5/c1-17(2,3)24-16(23)19-13(9-10-14(20)21)15(22)18-11-12-7-5-4-6-8-12/h4-8,13H,9-11H2,1-3H3,(H,18,22)(H,19,23)(H,20,21)/t13-/m1/s1. The van der Waals surface area contributed by atoms with Crippen LogP contribution in [0.4, 0.5) is 4.79 Å². The van der Waals surface area contributed by atoms with Gasteiger partial charge < -0.3 is 20.5 Å². The lowest BCUT2D eigenvalue weighted by molar-refractivity contribution is -0.137. The van der Waals surface area contributed by atoms with Gasteiger partial charge in [-0.3, -0.25) is 9.59 Å². The summed E-state index contributed by atoms with van der Waals surface area (Å²) in [5.41, 5.74) is 0.196. The van der Waals surface area contributed by atoms with Gasteiger partial charge in [-0.15, -0.1) is 0 Å². The molecule has 1 aromatic carbocycles. The zero-order valence-electron chi connectivity index (χ0n) is 14.2. The molecule has 1 rings (SSSR count). The van der Waals surface area contributed by atoms with Crippen molar-refractivity contribution in [2.24, 2.45) is 0 Å². The predicted molar refractivity (Wildman–Crippen MR) is 88.3 cm³/mol. The van der Waals surface area contributed by atoms with E-state index in [4.69, 9.17) is 9.84 Å². The quantitative estimate of drug-likeness (QED) is 0.707. The number of carbonyl (C=O) groups excluding carboxylic acids is 2. The van der Waals surface area contributed by atoms with Crippen LogP contribution in [0.1, 0.15) is 39.2 Å². The number of nitrogens with one attached hydrogen (secondary N) is 2. The average molecular weight is 336 g/mol. The summed E-state index contributed by atoms with van der Waals surface area (Å²) in [7, 11) is 0. The lowest BCUT2D eigenvalue weighted by Gasteiger charge is -2.23. The molecule has 2 amide bonds. The van der Waals surface area contributed by atoms with Gasteiger partial charge in [-0.1, -0.05) is 30.3 Å². The molecule has 0 fully saturated rings. The number of amides is 2. The minimum Gasteiger partial charge on any atom is -0.481 e. The molecular formula is C17H24N2O5. The van der Waals surface area contributed by atoms with Gasteiger partial charge in [0.25, 0.3) is 0 Å². The first kappa shape index (κ1) is 19.5. The Labute approximate surface area is 141 Å². The summed E-state index contributed by atoms with van der Waals surface area (Å²) in [6, 6.07) is 8.30. The molecule has 0 unspecified atom stereocenters. The van der Waals surface area contributed by atoms with E-state index in [0.717, 1.165) is 5.56 Å². The highest BCUT2D eigenvalue weighted by atomic mass is 16.6. The van der Waals surface area contributed by atoms with E-state index < -0.39 is 29.6 Å². The maximum atomic E-state index is 12.3. The summed E-state index contributed by atoms with van der Waals surface area (Å²) in [5, 5.41) is 13.9. The molecule has 0 radical (unpaired) electrons. The molecule has 3 N–H and O–H groups in total. The van der Waals surface area contributed by atoms with E-state index in [1.807, 2.05) is 30.3 Å². The molecule has 132 valence electrons. The molecule has 1 atom stereocenters. The van der Waals surface area contributed by atoms with Gasteiger partial charge in [-0.2, -0.15) is 0 Å². The summed E-state index contributed by atoms with van der Waals surface area (Å²) in [4.78, 5) is 34.8. The number of carboxylic acid groups (broad SMARTS) is 1. The van der Waals surface area contributed by atoms with Gasteiger partial charge in [-0.05, 0) is 32.8 Å². The van der Waals surface area contributed by atoms with E-state index >= 15 is 0 Å². The summed E-state index contributed by atoms with van der Waals surface area (Å²) in [6.45, 7) is 5.40. The first-order valence-electron chi connectivity index (χ1n) is 7.70. The number of hydrogen-bond donors (Lipinski definition) is 3. The summed E-state index contributed by atoms with van der Waals surface area (Å²) in [5.74, 6) is -1.49. The Morgan fingerprint density at radius 3 is 2.33 bits per heavy atom. The molecule has 0 bridgehead atoms. The van der Waals surface area contributed by atoms with Gasteiger partial charge in [0.1, 0.15) is 11.6 Å². The van der Waals surface area contributed by atoms with Crippen LogP contribution in [0.3, 0.4) is 0 Å². The molecule has 0 aliphatic heterocycles. The van der Waals surface area contributed by atoms with Crippen molar-refractivity contribution in [3.63, 3.8) is 0 Å². The Hall–Kier alpha value is -2.57. The molecule has 0 heterocycles. The normalized spacial score (nSPS) is 12.1. The molecule has 0 aromatic heterocycles. The Balaban J connectivity index is 2.64. The van der Waals surface area contributed by atoms with Crippen LogP contribution in [-0.4, -0.2) is 34.7 Å². The van der Waals surface area contributed by atoms with Crippen molar-refractivity contribution in [1.29, 1.82) is 0 Å². The molecule has 0 saturated carbocycles. The summed E-state index contributed by atoms with van der Waals surface area (Å²) < 4.78 is 5.11. The first-order chi connectivity index (χ1) is 11.2. The number of aliphatic carboxylic acids is 1. The van der Waals surface area contributed by atoms with Crippen molar-refractivity contribution in [2.45, 2.75) is 51.8 Å². The van der Waals surface area contributed by atoms with E-state index in [0.29, 0.717) is 6.54 Å². The van der Waals surface area contributed by atoms with Crippen LogP contribution >= 0.6 is 0 Å². The van der Waals surface area contributed by atoms with Crippen LogP contribution in [-0.2, 0) is 20.9 Å². The van der Waals surface area contributed by atoms with E-state index in [1.165, 1.54) is 0 Å². The van der Waals surface area contributed by atoms with Gasteiger partial charge in [0.2, 0.25) is 5.91 Å². The molecule has 7 nitrogen and oxygen atoms in total. The van der Waals surface area contributed by atoms with Gasteiger partial charge in [0, 0.05) is 13.0 Å². The van der Waals surface area contributed by atoms with Crippen molar-refractivity contribution < 1.29 is 24.2 Å². The van der Waals surface area contributed by atoms with Crippen molar-refractivity contribution in [3.8, 4) is 0 Å². The fourth-order valence-electron chi connectivity index (χ4n) is 1.89. The maximum absolute atomic E-state index is 12.3. The molecule has 1 aromatic rings. The Morgan fingerprint density at radius 2 is 1.79 bits per heavy atom. The van der Waals surface area contributed by atoms with Gasteiger partial charge in [0.05, 0.1) is 0 Å². The van der Waals surface area contributed by atoms with Crippen LogP contribution in [0.2, 0.25) is 0 Å². The third-order valence-corrected chi connectivity index (χ3v) is 2.96. The minimum absolute atomic E-state index is 0.0187. The number of alkyl carbamates (subject to hydrolysis) is 1. The smallest absolute Gasteiger partial charge is 0.408 e. The number of benzene rings is 1. The number of ether oxygens (including phenoxy) is 1. The van der Waals surface area contributed by atoms with Gasteiger partial charge in [-0.25, -0.2) is 4.79 Å². The lowest BCUT2D eigenvalue weighted by atomic mass is 10.1. The van der Waals surface area contributed by atoms with Gasteiger partial charge in [0.15, 0.2) is 0 Å². The Kier molecular flexibility index (Phi) is 7.23. The number of rotatable bonds is 7. The molecule has 0 aliphatic rings. The maximum Gasteiger partial charge on any atom is 0.408 e. The van der Waals surface area contributed by atoms with Crippen LogP contribution in [0.25, 0.3) is 0 Å². The Morgan fingerprint density at radius 1 is 1.17 bits per heavy atom. The van der Waals surface area contributed by atoms with Crippen LogP contribution in [0.15, 0.2) is 30.3 Å². The zero-order valence-corrected chi connectivity index (χ0v) is 14.2. The molecule has 0 spiro atoms. The van der Waals surface area contributed by atoms with Crippen molar-refractivity contribution in [1.82, 2.24) is 10.6 Å². The number of carbonyl (C=O) groups is 3. The second-order valence-corrected chi connectivity index (χ2v) is 6.33. The highest BCUT2D eigenvalue weighted by Crippen LogP contribution is 2.08. The molecule has 7 heteroatoms. The van der Waals surface area contributed by atoms with E-state index in [-0.39, 0.29) is 12.8 Å². The van der Waals surface area contributed by atoms with Crippen LogP contribution < -0.4 is 10.6 Å². The monoisotopic (exact) mass is 336 g/mol. The van der Waals surface area contributed by atoms with Gasteiger partial charge >= 0.3 is 12.1 Å². The number of hydrogen-bond acceptors (Lipinski definition) is 4. The van der Waals surface area contributed by atoms with Crippen molar-refractivity contribution in [2.75, 3.05) is 0 Å². The molecule has 24 heavy (non-hydrogen) atoms. The number of carboxylic acids is 1. The Bertz CT molecular complexity index is 566. The highest BCUT2D eigenvalue weighted by Gasteiger charge is 2.24. The van der Waals surface area contributed by atoms with E-state index in [9.17, 15) is 14.4 Å². The summed E-state index contributed by atoms with van der Waals surface area (Å²) >= 11 is 0. The van der Waals surface area contributed by atoms with E-state index in [1.54, 1.807) is 20.8 Å². The highest BCUT2D eigenvalue weighted by molar-refractivity contribution is 5.86. The summed E-state index contributed by atoms with van der Waals surface area (Å²) in [6.07, 6.45) is -1.01. The first-order valence-corrected chi connectivity index (χ1v) is 7.70. The third kappa shape index (κ3) is 8.17. The largest absolute Gasteiger partial charge is 0.481 e. The lowest BCUT2D eigenvalue weighted by Crippen LogP contribution is -2.48. The molecule has 0 aliphatic carbocycles. The topological polar surface area (TPSA) is 105 Å². The second-order valence-electron chi connectivity index (χ2n) is 6.33.